The van der Waals surface area contributed by atoms with Gasteiger partial charge in [0, 0.05) is 7.11 Å². The molecule has 0 N–H and O–H groups in total. The van der Waals surface area contributed by atoms with Crippen LogP contribution in [0.25, 0.3) is 0 Å². The number of hydrogen-bond acceptors (Lipinski definition) is 4. The standard InChI is InChI=1S/C17H17BrO4/c1-20-10-12-4-3-5-14(8-12)17(19)22-11-13-6-7-16(21-2)15(18)9-13/h3-9H,10-11H2,1-2H3. The van der Waals surface area contributed by atoms with Gasteiger partial charge in [0.1, 0.15) is 12.4 Å². The fraction of sp³-hybridized carbons (Fsp3) is 0.235. The first-order valence-electron chi connectivity index (χ1n) is 6.71. The van der Waals surface area contributed by atoms with Crippen molar-refractivity contribution < 1.29 is 19.0 Å². The highest BCUT2D eigenvalue weighted by molar-refractivity contribution is 9.10. The molecule has 0 bridgehead atoms. The van der Waals surface area contributed by atoms with E-state index in [0.29, 0.717) is 12.2 Å². The topological polar surface area (TPSA) is 44.8 Å². The first kappa shape index (κ1) is 16.5. The third-order valence-corrected chi connectivity index (χ3v) is 3.68. The van der Waals surface area contributed by atoms with Crippen LogP contribution in [-0.4, -0.2) is 20.2 Å². The summed E-state index contributed by atoms with van der Waals surface area (Å²) in [7, 11) is 3.22. The summed E-state index contributed by atoms with van der Waals surface area (Å²) in [5, 5.41) is 0. The van der Waals surface area contributed by atoms with Crippen molar-refractivity contribution in [3.05, 3.63) is 63.6 Å². The van der Waals surface area contributed by atoms with Gasteiger partial charge in [0.2, 0.25) is 0 Å². The van der Waals surface area contributed by atoms with E-state index in [0.717, 1.165) is 21.3 Å². The van der Waals surface area contributed by atoms with Crippen LogP contribution in [0.3, 0.4) is 0 Å². The zero-order valence-electron chi connectivity index (χ0n) is 12.5. The maximum Gasteiger partial charge on any atom is 0.338 e. The second kappa shape index (κ2) is 7.96. The Labute approximate surface area is 138 Å². The van der Waals surface area contributed by atoms with Gasteiger partial charge in [-0.25, -0.2) is 4.79 Å². The van der Waals surface area contributed by atoms with Crippen LogP contribution in [0.5, 0.6) is 5.75 Å². The monoisotopic (exact) mass is 364 g/mol. The van der Waals surface area contributed by atoms with Crippen LogP contribution in [-0.2, 0) is 22.7 Å². The van der Waals surface area contributed by atoms with E-state index >= 15 is 0 Å². The number of halogens is 1. The maximum absolute atomic E-state index is 12.1. The van der Waals surface area contributed by atoms with Gasteiger partial charge in [-0.2, -0.15) is 0 Å². The van der Waals surface area contributed by atoms with Crippen molar-refractivity contribution in [1.82, 2.24) is 0 Å². The second-order valence-corrected chi connectivity index (χ2v) is 5.53. The molecule has 0 aliphatic rings. The first-order valence-corrected chi connectivity index (χ1v) is 7.50. The number of methoxy groups -OCH3 is 2. The van der Waals surface area contributed by atoms with Gasteiger partial charge < -0.3 is 14.2 Å². The summed E-state index contributed by atoms with van der Waals surface area (Å²) in [6.45, 7) is 0.669. The molecule has 0 atom stereocenters. The summed E-state index contributed by atoms with van der Waals surface area (Å²) in [5.41, 5.74) is 2.33. The Bertz CT molecular complexity index is 655. The third-order valence-electron chi connectivity index (χ3n) is 3.06. The van der Waals surface area contributed by atoms with Crippen LogP contribution >= 0.6 is 15.9 Å². The molecule has 2 rings (SSSR count). The second-order valence-electron chi connectivity index (χ2n) is 4.68. The molecule has 116 valence electrons. The van der Waals surface area contributed by atoms with E-state index in [1.807, 2.05) is 30.3 Å². The number of rotatable bonds is 6. The molecule has 2 aromatic carbocycles. The molecule has 2 aromatic rings. The highest BCUT2D eigenvalue weighted by Crippen LogP contribution is 2.25. The van der Waals surface area contributed by atoms with Crippen molar-refractivity contribution in [2.75, 3.05) is 14.2 Å². The number of hydrogen-bond donors (Lipinski definition) is 0. The lowest BCUT2D eigenvalue weighted by molar-refractivity contribution is 0.0472. The number of benzene rings is 2. The summed E-state index contributed by atoms with van der Waals surface area (Å²) in [5.74, 6) is 0.382. The first-order chi connectivity index (χ1) is 10.6. The molecular weight excluding hydrogens is 348 g/mol. The lowest BCUT2D eigenvalue weighted by atomic mass is 10.1. The molecule has 0 fully saturated rings. The minimum Gasteiger partial charge on any atom is -0.496 e. The Morgan fingerprint density at radius 2 is 1.82 bits per heavy atom. The minimum absolute atomic E-state index is 0.204. The summed E-state index contributed by atoms with van der Waals surface area (Å²) in [6.07, 6.45) is 0. The molecule has 22 heavy (non-hydrogen) atoms. The van der Waals surface area contributed by atoms with Crippen LogP contribution in [0.15, 0.2) is 46.9 Å². The summed E-state index contributed by atoms with van der Waals surface area (Å²) >= 11 is 3.41. The molecule has 0 spiro atoms. The van der Waals surface area contributed by atoms with E-state index in [-0.39, 0.29) is 12.6 Å². The van der Waals surface area contributed by atoms with Crippen LogP contribution in [0.4, 0.5) is 0 Å². The van der Waals surface area contributed by atoms with E-state index in [1.165, 1.54) is 0 Å². The minimum atomic E-state index is -0.357. The predicted octanol–water partition coefficient (Wildman–Crippen LogP) is 3.96. The van der Waals surface area contributed by atoms with E-state index < -0.39 is 0 Å². The lowest BCUT2D eigenvalue weighted by Crippen LogP contribution is -2.06. The number of ether oxygens (including phenoxy) is 3. The average molecular weight is 365 g/mol. The summed E-state index contributed by atoms with van der Waals surface area (Å²) in [6, 6.07) is 12.8. The zero-order valence-corrected chi connectivity index (χ0v) is 14.1. The van der Waals surface area contributed by atoms with Gasteiger partial charge in [0.25, 0.3) is 0 Å². The number of carbonyl (C=O) groups excluding carboxylic acids is 1. The molecule has 0 aliphatic heterocycles. The van der Waals surface area contributed by atoms with E-state index in [1.54, 1.807) is 26.4 Å². The Morgan fingerprint density at radius 1 is 1.05 bits per heavy atom. The van der Waals surface area contributed by atoms with Gasteiger partial charge in [-0.05, 0) is 51.3 Å². The van der Waals surface area contributed by atoms with Crippen molar-refractivity contribution in [2.24, 2.45) is 0 Å². The quantitative estimate of drug-likeness (QED) is 0.727. The largest absolute Gasteiger partial charge is 0.496 e. The number of carbonyl (C=O) groups is 1. The van der Waals surface area contributed by atoms with Crippen molar-refractivity contribution in [2.45, 2.75) is 13.2 Å². The SMILES string of the molecule is COCc1cccc(C(=O)OCc2ccc(OC)c(Br)c2)c1. The third kappa shape index (κ3) is 4.32. The van der Waals surface area contributed by atoms with Crippen molar-refractivity contribution >= 4 is 21.9 Å². The molecule has 4 nitrogen and oxygen atoms in total. The van der Waals surface area contributed by atoms with Gasteiger partial charge in [-0.1, -0.05) is 18.2 Å². The predicted molar refractivity (Wildman–Crippen MR) is 87.0 cm³/mol. The fourth-order valence-electron chi connectivity index (χ4n) is 1.99. The van der Waals surface area contributed by atoms with Gasteiger partial charge in [-0.15, -0.1) is 0 Å². The van der Waals surface area contributed by atoms with Crippen molar-refractivity contribution in [3.63, 3.8) is 0 Å². The average Bonchev–Trinajstić information content (AvgIpc) is 2.53. The maximum atomic E-state index is 12.1. The van der Waals surface area contributed by atoms with Crippen molar-refractivity contribution in [1.29, 1.82) is 0 Å². The van der Waals surface area contributed by atoms with Crippen molar-refractivity contribution in [3.8, 4) is 5.75 Å². The van der Waals surface area contributed by atoms with Crippen LogP contribution < -0.4 is 4.74 Å². The van der Waals surface area contributed by atoms with Crippen LogP contribution in [0.2, 0.25) is 0 Å². The Kier molecular flexibility index (Phi) is 5.98. The van der Waals surface area contributed by atoms with Crippen LogP contribution in [0.1, 0.15) is 21.5 Å². The van der Waals surface area contributed by atoms with E-state index in [2.05, 4.69) is 15.9 Å². The highest BCUT2D eigenvalue weighted by Gasteiger charge is 2.09. The van der Waals surface area contributed by atoms with Gasteiger partial charge >= 0.3 is 5.97 Å². The molecule has 0 unspecified atom stereocenters. The molecule has 0 aliphatic carbocycles. The van der Waals surface area contributed by atoms with Gasteiger partial charge in [0.15, 0.2) is 0 Å². The smallest absolute Gasteiger partial charge is 0.338 e. The highest BCUT2D eigenvalue weighted by atomic mass is 79.9. The number of esters is 1. The molecule has 0 saturated heterocycles. The van der Waals surface area contributed by atoms with Crippen LogP contribution in [0, 0.1) is 0 Å². The lowest BCUT2D eigenvalue weighted by Gasteiger charge is -2.08. The van der Waals surface area contributed by atoms with Gasteiger partial charge in [-0.3, -0.25) is 0 Å². The summed E-state index contributed by atoms with van der Waals surface area (Å²) in [4.78, 5) is 12.1. The zero-order chi connectivity index (χ0) is 15.9. The molecular formula is C17H17BrO4. The summed E-state index contributed by atoms with van der Waals surface area (Å²) < 4.78 is 16.4. The molecule has 0 heterocycles. The fourth-order valence-corrected chi connectivity index (χ4v) is 2.57. The molecule has 0 aromatic heterocycles. The normalized spacial score (nSPS) is 10.3. The Morgan fingerprint density at radius 3 is 2.50 bits per heavy atom. The van der Waals surface area contributed by atoms with E-state index in [9.17, 15) is 4.79 Å². The molecule has 5 heteroatoms. The molecule has 0 saturated carbocycles. The van der Waals surface area contributed by atoms with E-state index in [4.69, 9.17) is 14.2 Å². The molecule has 0 amide bonds. The Hall–Kier alpha value is -1.85. The van der Waals surface area contributed by atoms with Gasteiger partial charge in [0.05, 0.1) is 23.8 Å². The molecule has 0 radical (unpaired) electrons. The Balaban J connectivity index is 2.00.